The zero-order chi connectivity index (χ0) is 13.8. The third-order valence-corrected chi connectivity index (χ3v) is 4.24. The van der Waals surface area contributed by atoms with Crippen molar-refractivity contribution in [3.63, 3.8) is 0 Å². The molecule has 1 atom stereocenters. The van der Waals surface area contributed by atoms with Gasteiger partial charge in [-0.05, 0) is 31.9 Å². The predicted octanol–water partition coefficient (Wildman–Crippen LogP) is 3.15. The fourth-order valence-corrected chi connectivity index (χ4v) is 3.19. The molecule has 1 aromatic carbocycles. The average Bonchev–Trinajstić information content (AvgIpc) is 2.86. The van der Waals surface area contributed by atoms with Crippen LogP contribution in [0, 0.1) is 5.82 Å². The molecule has 0 bridgehead atoms. The van der Waals surface area contributed by atoms with Crippen molar-refractivity contribution < 1.29 is 19.0 Å². The molecule has 104 valence electrons. The number of benzene rings is 1. The number of hydrogen-bond donors (Lipinski definition) is 1. The van der Waals surface area contributed by atoms with Crippen LogP contribution in [-0.4, -0.2) is 29.4 Å². The summed E-state index contributed by atoms with van der Waals surface area (Å²) in [7, 11) is 0. The lowest BCUT2D eigenvalue weighted by Crippen LogP contribution is -2.08. The number of hydrogen-bond acceptors (Lipinski definition) is 4. The molecule has 1 N–H and O–H groups in total. The highest BCUT2D eigenvalue weighted by molar-refractivity contribution is 7.98. The van der Waals surface area contributed by atoms with Crippen LogP contribution in [0.4, 0.5) is 4.39 Å². The van der Waals surface area contributed by atoms with E-state index in [1.54, 1.807) is 11.8 Å². The van der Waals surface area contributed by atoms with Crippen LogP contribution in [0.5, 0.6) is 5.75 Å². The number of ketones is 1. The fourth-order valence-electron chi connectivity index (χ4n) is 2.11. The Morgan fingerprint density at radius 2 is 2.37 bits per heavy atom. The number of aromatic hydroxyl groups is 1. The van der Waals surface area contributed by atoms with E-state index in [2.05, 4.69) is 0 Å². The molecule has 1 aromatic rings. The van der Waals surface area contributed by atoms with E-state index in [-0.39, 0.29) is 23.2 Å². The summed E-state index contributed by atoms with van der Waals surface area (Å²) in [5, 5.41) is 9.94. The number of ether oxygens (including phenoxy) is 1. The van der Waals surface area contributed by atoms with E-state index in [0.717, 1.165) is 31.3 Å². The van der Waals surface area contributed by atoms with Crippen molar-refractivity contribution in [2.75, 3.05) is 12.4 Å². The molecule has 19 heavy (non-hydrogen) atoms. The minimum atomic E-state index is -0.490. The first-order valence-corrected chi connectivity index (χ1v) is 7.45. The summed E-state index contributed by atoms with van der Waals surface area (Å²) in [6.07, 6.45) is 2.40. The van der Waals surface area contributed by atoms with E-state index in [1.807, 2.05) is 0 Å². The third kappa shape index (κ3) is 3.70. The van der Waals surface area contributed by atoms with E-state index in [4.69, 9.17) is 4.74 Å². The standard InChI is InChI=1S/C14H17FO3S/c1-9(16)13-6-11(15)5-10(14(13)17)7-19-8-12-3-2-4-18-12/h5-6,12,17H,2-4,7-8H2,1H3. The molecule has 0 amide bonds. The Balaban J connectivity index is 2.00. The second-order valence-corrected chi connectivity index (χ2v) is 5.70. The van der Waals surface area contributed by atoms with Gasteiger partial charge in [-0.3, -0.25) is 4.79 Å². The second kappa shape index (κ2) is 6.39. The summed E-state index contributed by atoms with van der Waals surface area (Å²) < 4.78 is 18.9. The Bertz CT molecular complexity index is 470. The Kier molecular flexibility index (Phi) is 4.82. The second-order valence-electron chi connectivity index (χ2n) is 4.67. The topological polar surface area (TPSA) is 46.5 Å². The first-order chi connectivity index (χ1) is 9.08. The van der Waals surface area contributed by atoms with E-state index in [9.17, 15) is 14.3 Å². The number of carbonyl (C=O) groups excluding carboxylic acids is 1. The van der Waals surface area contributed by atoms with Gasteiger partial charge in [-0.1, -0.05) is 0 Å². The van der Waals surface area contributed by atoms with Gasteiger partial charge in [0.15, 0.2) is 5.78 Å². The number of phenolic OH excluding ortho intramolecular Hbond substituents is 1. The molecule has 1 aliphatic rings. The van der Waals surface area contributed by atoms with Crippen LogP contribution in [0.1, 0.15) is 35.7 Å². The van der Waals surface area contributed by atoms with Gasteiger partial charge in [0.2, 0.25) is 0 Å². The number of Topliss-reactive ketones (excluding diaryl/α,β-unsaturated/α-hetero) is 1. The smallest absolute Gasteiger partial charge is 0.163 e. The maximum atomic E-state index is 13.4. The number of halogens is 1. The van der Waals surface area contributed by atoms with Crippen LogP contribution in [0.3, 0.4) is 0 Å². The molecule has 1 fully saturated rings. The SMILES string of the molecule is CC(=O)c1cc(F)cc(CSCC2CCCO2)c1O. The lowest BCUT2D eigenvalue weighted by Gasteiger charge is -2.11. The van der Waals surface area contributed by atoms with E-state index < -0.39 is 5.82 Å². The number of rotatable bonds is 5. The van der Waals surface area contributed by atoms with Crippen LogP contribution in [0.2, 0.25) is 0 Å². The van der Waals surface area contributed by atoms with Crippen molar-refractivity contribution >= 4 is 17.5 Å². The summed E-state index contributed by atoms with van der Waals surface area (Å²) in [5.41, 5.74) is 0.515. The maximum absolute atomic E-state index is 13.4. The van der Waals surface area contributed by atoms with Gasteiger partial charge in [-0.2, -0.15) is 11.8 Å². The van der Waals surface area contributed by atoms with Crippen molar-refractivity contribution in [1.82, 2.24) is 0 Å². The Morgan fingerprint density at radius 1 is 1.58 bits per heavy atom. The van der Waals surface area contributed by atoms with Gasteiger partial charge >= 0.3 is 0 Å². The third-order valence-electron chi connectivity index (χ3n) is 3.12. The van der Waals surface area contributed by atoms with Gasteiger partial charge in [-0.25, -0.2) is 4.39 Å². The van der Waals surface area contributed by atoms with Gasteiger partial charge in [0.05, 0.1) is 11.7 Å². The molecule has 1 unspecified atom stereocenters. The molecule has 1 heterocycles. The first kappa shape index (κ1) is 14.3. The number of thioether (sulfide) groups is 1. The highest BCUT2D eigenvalue weighted by Crippen LogP contribution is 2.29. The Labute approximate surface area is 116 Å². The van der Waals surface area contributed by atoms with Crippen LogP contribution in [0.15, 0.2) is 12.1 Å². The fraction of sp³-hybridized carbons (Fsp3) is 0.500. The van der Waals surface area contributed by atoms with Gasteiger partial charge < -0.3 is 9.84 Å². The lowest BCUT2D eigenvalue weighted by atomic mass is 10.1. The predicted molar refractivity (Wildman–Crippen MR) is 73.2 cm³/mol. The van der Waals surface area contributed by atoms with Crippen molar-refractivity contribution in [2.45, 2.75) is 31.6 Å². The van der Waals surface area contributed by atoms with Crippen LogP contribution >= 0.6 is 11.8 Å². The monoisotopic (exact) mass is 284 g/mol. The number of phenols is 1. The summed E-state index contributed by atoms with van der Waals surface area (Å²) in [5.74, 6) is 0.376. The Hall–Kier alpha value is -1.07. The van der Waals surface area contributed by atoms with Gasteiger partial charge in [0.1, 0.15) is 11.6 Å². The quantitative estimate of drug-likeness (QED) is 0.844. The molecular formula is C14H17FO3S. The molecule has 0 aromatic heterocycles. The summed E-state index contributed by atoms with van der Waals surface area (Å²) in [6.45, 7) is 2.13. The van der Waals surface area contributed by atoms with E-state index >= 15 is 0 Å². The summed E-state index contributed by atoms with van der Waals surface area (Å²) >= 11 is 1.58. The lowest BCUT2D eigenvalue weighted by molar-refractivity contribution is 0.101. The van der Waals surface area contributed by atoms with E-state index in [0.29, 0.717) is 11.3 Å². The van der Waals surface area contributed by atoms with E-state index in [1.165, 1.54) is 13.0 Å². The first-order valence-electron chi connectivity index (χ1n) is 6.29. The van der Waals surface area contributed by atoms with Crippen LogP contribution in [0.25, 0.3) is 0 Å². The molecule has 1 saturated heterocycles. The van der Waals surface area contributed by atoms with Crippen molar-refractivity contribution in [2.24, 2.45) is 0 Å². The highest BCUT2D eigenvalue weighted by Gasteiger charge is 2.17. The van der Waals surface area contributed by atoms with Crippen molar-refractivity contribution in [1.29, 1.82) is 0 Å². The van der Waals surface area contributed by atoms with Crippen LogP contribution < -0.4 is 0 Å². The summed E-state index contributed by atoms with van der Waals surface area (Å²) in [4.78, 5) is 11.3. The molecule has 0 spiro atoms. The van der Waals surface area contributed by atoms with Crippen molar-refractivity contribution in [3.05, 3.63) is 29.1 Å². The minimum Gasteiger partial charge on any atom is -0.507 e. The molecule has 0 saturated carbocycles. The molecule has 2 rings (SSSR count). The molecule has 5 heteroatoms. The summed E-state index contributed by atoms with van der Waals surface area (Å²) in [6, 6.07) is 2.36. The van der Waals surface area contributed by atoms with Crippen LogP contribution in [-0.2, 0) is 10.5 Å². The van der Waals surface area contributed by atoms with Gasteiger partial charge in [-0.15, -0.1) is 0 Å². The normalized spacial score (nSPS) is 18.7. The highest BCUT2D eigenvalue weighted by atomic mass is 32.2. The molecule has 1 aliphatic heterocycles. The molecule has 0 radical (unpaired) electrons. The van der Waals surface area contributed by atoms with Gasteiger partial charge in [0.25, 0.3) is 0 Å². The molecule has 0 aliphatic carbocycles. The average molecular weight is 284 g/mol. The zero-order valence-corrected chi connectivity index (χ0v) is 11.6. The number of carbonyl (C=O) groups is 1. The molecular weight excluding hydrogens is 267 g/mol. The Morgan fingerprint density at radius 3 is 3.00 bits per heavy atom. The largest absolute Gasteiger partial charge is 0.507 e. The van der Waals surface area contributed by atoms with Crippen molar-refractivity contribution in [3.8, 4) is 5.75 Å². The zero-order valence-electron chi connectivity index (χ0n) is 10.8. The van der Waals surface area contributed by atoms with Gasteiger partial charge in [0, 0.05) is 23.7 Å². The maximum Gasteiger partial charge on any atom is 0.163 e. The molecule has 3 nitrogen and oxygen atoms in total. The minimum absolute atomic E-state index is 0.0488.